The van der Waals surface area contributed by atoms with Crippen molar-refractivity contribution in [3.8, 4) is 0 Å². The van der Waals surface area contributed by atoms with Crippen LogP contribution in [-0.2, 0) is 90.0 Å². The van der Waals surface area contributed by atoms with Gasteiger partial charge in [0.1, 0.15) is 54.9 Å². The van der Waals surface area contributed by atoms with Crippen molar-refractivity contribution in [2.45, 2.75) is 334 Å². The van der Waals surface area contributed by atoms with Crippen LogP contribution in [0.25, 0.3) is 0 Å². The molecule has 8 aliphatic heterocycles. The number of ether oxygens (including phenoxy) is 19. The maximum absolute atomic E-state index is 11.5. The van der Waals surface area contributed by atoms with E-state index in [0.29, 0.717) is 19.3 Å². The molecule has 77 heavy (non-hydrogen) atoms. The molecule has 20 nitrogen and oxygen atoms in total. The number of hydrogen-bond donors (Lipinski definition) is 1. The fourth-order valence-corrected chi connectivity index (χ4v) is 12.0. The van der Waals surface area contributed by atoms with Crippen molar-refractivity contribution in [3.63, 3.8) is 0 Å². The fourth-order valence-electron chi connectivity index (χ4n) is 12.0. The van der Waals surface area contributed by atoms with Gasteiger partial charge in [-0.15, -0.1) is 0 Å². The Balaban J connectivity index is 1.09. The first-order valence-electron chi connectivity index (χ1n) is 28.5. The molecule has 20 heteroatoms. The third-order valence-electron chi connectivity index (χ3n) is 15.4. The van der Waals surface area contributed by atoms with Crippen LogP contribution in [0.3, 0.4) is 0 Å². The summed E-state index contributed by atoms with van der Waals surface area (Å²) >= 11 is 0. The first-order chi connectivity index (χ1) is 35.3. The van der Waals surface area contributed by atoms with Crippen LogP contribution in [0, 0.1) is 5.41 Å². The third kappa shape index (κ3) is 14.9. The average molecular weight is 1110 g/mol. The van der Waals surface area contributed by atoms with Crippen molar-refractivity contribution in [2.75, 3.05) is 26.4 Å². The van der Waals surface area contributed by atoms with Gasteiger partial charge >= 0.3 is 0 Å². The summed E-state index contributed by atoms with van der Waals surface area (Å²) in [4.78, 5) is 0. The summed E-state index contributed by atoms with van der Waals surface area (Å²) in [6.07, 6.45) is -7.98. The first-order valence-corrected chi connectivity index (χ1v) is 28.5. The van der Waals surface area contributed by atoms with Crippen LogP contribution in [0.5, 0.6) is 0 Å². The molecule has 0 amide bonds. The first kappa shape index (κ1) is 62.3. The van der Waals surface area contributed by atoms with E-state index >= 15 is 0 Å². The van der Waals surface area contributed by atoms with Gasteiger partial charge in [0.2, 0.25) is 0 Å². The van der Waals surface area contributed by atoms with Gasteiger partial charge in [-0.25, -0.2) is 0 Å². The van der Waals surface area contributed by atoms with E-state index in [1.54, 1.807) is 0 Å². The number of rotatable bonds is 25. The molecule has 1 unspecified atom stereocenters. The summed E-state index contributed by atoms with van der Waals surface area (Å²) in [5.41, 5.74) is -4.52. The standard InChI is InChI=1S/C57H100O20/c1-30(2)63-37-34(67-46-41(37)71-54(17,18)75-46)24-50(9,10)60-27-57(26-59-49(7,8)23-33-36(58)39-45(66-33)74-53(15,16)70-39,29-62-52(13,14)44-40(65-32(5)6)43-48(69-44)77-56(21,22)73-43)28-61-51(11,12)25-35-38(64-31(3)4)42-47(68-35)76-55(19,20)72-42/h30-48,58H,23-29H2,1-22H3/t33-,34-,35-,36+,37+,38+,39-,40-,41-,42-,43-,44?,45-,46-,47-,48-/m1/s1. The van der Waals surface area contributed by atoms with E-state index in [1.165, 1.54) is 0 Å². The molecule has 0 bridgehead atoms. The van der Waals surface area contributed by atoms with E-state index in [9.17, 15) is 5.11 Å². The molecule has 0 aliphatic carbocycles. The zero-order valence-corrected chi connectivity index (χ0v) is 50.6. The molecule has 0 saturated carbocycles. The van der Waals surface area contributed by atoms with Crippen molar-refractivity contribution in [1.82, 2.24) is 0 Å². The zero-order chi connectivity index (χ0) is 56.9. The van der Waals surface area contributed by atoms with Gasteiger partial charge in [-0.2, -0.15) is 0 Å². The van der Waals surface area contributed by atoms with Crippen molar-refractivity contribution in [2.24, 2.45) is 5.41 Å². The molecule has 8 rings (SSSR count). The van der Waals surface area contributed by atoms with Gasteiger partial charge in [0, 0.05) is 19.3 Å². The van der Waals surface area contributed by atoms with Crippen LogP contribution in [0.2, 0.25) is 0 Å². The van der Waals surface area contributed by atoms with Gasteiger partial charge in [0.05, 0.1) is 90.9 Å². The molecule has 0 radical (unpaired) electrons. The van der Waals surface area contributed by atoms with Crippen LogP contribution in [-0.4, -0.2) is 194 Å². The Morgan fingerprint density at radius 2 is 0.688 bits per heavy atom. The van der Waals surface area contributed by atoms with Crippen molar-refractivity contribution in [1.29, 1.82) is 0 Å². The summed E-state index contributed by atoms with van der Waals surface area (Å²) in [6.45, 7) is 43.4. The maximum Gasteiger partial charge on any atom is 0.190 e. The third-order valence-corrected chi connectivity index (χ3v) is 15.4. The summed E-state index contributed by atoms with van der Waals surface area (Å²) < 4.78 is 125. The number of fused-ring (bicyclic) bond motifs is 4. The number of aliphatic hydroxyl groups is 1. The van der Waals surface area contributed by atoms with E-state index in [4.69, 9.17) is 90.0 Å². The minimum absolute atomic E-state index is 0.0718. The molecule has 1 N–H and O–H groups in total. The van der Waals surface area contributed by atoms with Crippen LogP contribution in [0.1, 0.15) is 172 Å². The van der Waals surface area contributed by atoms with Gasteiger partial charge in [-0.3, -0.25) is 0 Å². The van der Waals surface area contributed by atoms with E-state index in [0.717, 1.165) is 0 Å². The summed E-state index contributed by atoms with van der Waals surface area (Å²) in [7, 11) is 0. The lowest BCUT2D eigenvalue weighted by Crippen LogP contribution is -2.54. The van der Waals surface area contributed by atoms with E-state index in [-0.39, 0.29) is 44.7 Å². The van der Waals surface area contributed by atoms with Crippen LogP contribution < -0.4 is 0 Å². The lowest BCUT2D eigenvalue weighted by Gasteiger charge is -2.44. The Morgan fingerprint density at radius 1 is 0.390 bits per heavy atom. The lowest BCUT2D eigenvalue weighted by molar-refractivity contribution is -0.259. The second-order valence-corrected chi connectivity index (χ2v) is 28.0. The van der Waals surface area contributed by atoms with E-state index < -0.39 is 149 Å². The zero-order valence-electron chi connectivity index (χ0n) is 50.6. The summed E-state index contributed by atoms with van der Waals surface area (Å²) in [5, 5.41) is 11.5. The van der Waals surface area contributed by atoms with Crippen molar-refractivity contribution < 1.29 is 95.1 Å². The second-order valence-electron chi connectivity index (χ2n) is 28.0. The highest BCUT2D eigenvalue weighted by molar-refractivity contribution is 5.03. The molecular weight excluding hydrogens is 1000 g/mol. The quantitative estimate of drug-likeness (QED) is 0.0939. The minimum atomic E-state index is -1.03. The molecule has 8 heterocycles. The molecule has 8 fully saturated rings. The molecule has 0 aromatic rings. The largest absolute Gasteiger partial charge is 0.387 e. The van der Waals surface area contributed by atoms with Crippen LogP contribution in [0.15, 0.2) is 0 Å². The lowest BCUT2D eigenvalue weighted by atomic mass is 9.88. The highest BCUT2D eigenvalue weighted by atomic mass is 16.9. The van der Waals surface area contributed by atoms with Crippen LogP contribution in [0.4, 0.5) is 0 Å². The smallest absolute Gasteiger partial charge is 0.190 e. The molecule has 8 saturated heterocycles. The monoisotopic (exact) mass is 1100 g/mol. The Bertz CT molecular complexity index is 1900. The van der Waals surface area contributed by atoms with Gasteiger partial charge in [0.15, 0.2) is 48.3 Å². The summed E-state index contributed by atoms with van der Waals surface area (Å²) in [5.74, 6) is -3.37. The SMILES string of the molecule is CC(C)O[C@@H]1[C@H]2OC(C)(C)O[C@H]2O[C@@H]1CC(C)(C)OCC(COC(C)(C)C[C@H]1O[C@@H]2OC(C)(C)O[C@@H]2[C@H]1O)(COC(C)(C)C[C@H]1O[C@@H]2OC(C)(C)O[C@@H]2[C@H]1OC(C)C)COC(C)(C)C1O[C@@H]2OC(C)(C)O[C@@H]2[C@H]1OC(C)C. The van der Waals surface area contributed by atoms with Gasteiger partial charge < -0.3 is 95.1 Å². The Kier molecular flexibility index (Phi) is 18.0. The number of aliphatic hydroxyl groups excluding tert-OH is 1. The molecule has 16 atom stereocenters. The maximum atomic E-state index is 11.5. The Hall–Kier alpha value is -0.800. The topological polar surface area (TPSA) is 196 Å². The van der Waals surface area contributed by atoms with Gasteiger partial charge in [-0.1, -0.05) is 0 Å². The van der Waals surface area contributed by atoms with Crippen molar-refractivity contribution >= 4 is 0 Å². The van der Waals surface area contributed by atoms with E-state index in [2.05, 4.69) is 0 Å². The molecule has 8 aliphatic rings. The predicted molar refractivity (Wildman–Crippen MR) is 277 cm³/mol. The van der Waals surface area contributed by atoms with Gasteiger partial charge in [0.25, 0.3) is 0 Å². The normalized spacial score (nSPS) is 39.0. The predicted octanol–water partition coefficient (Wildman–Crippen LogP) is 7.57. The minimum Gasteiger partial charge on any atom is -0.387 e. The fraction of sp³-hybridized carbons (Fsp3) is 1.00. The van der Waals surface area contributed by atoms with E-state index in [1.807, 2.05) is 152 Å². The Morgan fingerprint density at radius 3 is 1.06 bits per heavy atom. The van der Waals surface area contributed by atoms with Crippen LogP contribution >= 0.6 is 0 Å². The molecule has 448 valence electrons. The van der Waals surface area contributed by atoms with Gasteiger partial charge in [-0.05, 0) is 152 Å². The molecular formula is C57H100O20. The molecule has 0 aromatic heterocycles. The Labute approximate surface area is 459 Å². The average Bonchev–Trinajstić information content (AvgIpc) is 4.13. The number of hydrogen-bond acceptors (Lipinski definition) is 20. The van der Waals surface area contributed by atoms with Crippen molar-refractivity contribution in [3.05, 3.63) is 0 Å². The molecule has 0 aromatic carbocycles. The second kappa shape index (κ2) is 22.3. The highest BCUT2D eigenvalue weighted by Crippen LogP contribution is 2.47. The molecule has 0 spiro atoms. The summed E-state index contributed by atoms with van der Waals surface area (Å²) in [6, 6.07) is 0. The highest BCUT2D eigenvalue weighted by Gasteiger charge is 2.62.